The van der Waals surface area contributed by atoms with Gasteiger partial charge in [-0.3, -0.25) is 9.59 Å². The van der Waals surface area contributed by atoms with E-state index < -0.39 is 0 Å². The zero-order valence-corrected chi connectivity index (χ0v) is 19.7. The smallest absolute Gasteiger partial charge is 0.282 e. The van der Waals surface area contributed by atoms with Crippen molar-refractivity contribution < 1.29 is 14.3 Å². The third-order valence-corrected chi connectivity index (χ3v) is 6.68. The molecule has 0 aliphatic carbocycles. The average Bonchev–Trinajstić information content (AvgIpc) is 3.05. The lowest BCUT2D eigenvalue weighted by atomic mass is 9.99. The Balaban J connectivity index is 1.79. The summed E-state index contributed by atoms with van der Waals surface area (Å²) in [6.07, 6.45) is 0. The fourth-order valence-electron chi connectivity index (χ4n) is 4.29. The van der Waals surface area contributed by atoms with E-state index in [1.807, 2.05) is 32.0 Å². The molecule has 2 heterocycles. The maximum Gasteiger partial charge on any atom is 0.282 e. The largest absolute Gasteiger partial charge is 0.495 e. The molecule has 0 atom stereocenters. The molecule has 0 bridgehead atoms. The maximum absolute atomic E-state index is 13.7. The van der Waals surface area contributed by atoms with E-state index in [0.29, 0.717) is 40.8 Å². The molecule has 2 aromatic carbocycles. The van der Waals surface area contributed by atoms with Crippen molar-refractivity contribution in [3.63, 3.8) is 0 Å². The van der Waals surface area contributed by atoms with Crippen LogP contribution in [0, 0.1) is 13.8 Å². The molecule has 0 unspecified atom stereocenters. The SMILES string of the molecule is CCN1CCN(C2=C(c3ccc(C)c(C)c3)C(=O)N(c3ccc(OC)c(Cl)c3)C2=O)CC1. The molecule has 7 heteroatoms. The van der Waals surface area contributed by atoms with Crippen molar-refractivity contribution >= 4 is 34.7 Å². The minimum absolute atomic E-state index is 0.311. The Hall–Kier alpha value is -2.83. The third kappa shape index (κ3) is 3.89. The quantitative estimate of drug-likeness (QED) is 0.643. The highest BCUT2D eigenvalue weighted by Crippen LogP contribution is 2.38. The predicted molar refractivity (Wildman–Crippen MR) is 127 cm³/mol. The number of ether oxygens (including phenoxy) is 1. The van der Waals surface area contributed by atoms with E-state index in [0.717, 1.165) is 36.3 Å². The average molecular weight is 454 g/mol. The summed E-state index contributed by atoms with van der Waals surface area (Å²) in [6.45, 7) is 10.3. The van der Waals surface area contributed by atoms with Gasteiger partial charge in [-0.1, -0.05) is 36.7 Å². The second-order valence-electron chi connectivity index (χ2n) is 8.21. The number of benzene rings is 2. The number of amides is 2. The van der Waals surface area contributed by atoms with Gasteiger partial charge in [0.15, 0.2) is 0 Å². The van der Waals surface area contributed by atoms with Gasteiger partial charge in [0.1, 0.15) is 11.4 Å². The van der Waals surface area contributed by atoms with Gasteiger partial charge < -0.3 is 14.5 Å². The summed E-state index contributed by atoms with van der Waals surface area (Å²) >= 11 is 6.31. The van der Waals surface area contributed by atoms with Crippen LogP contribution in [-0.2, 0) is 9.59 Å². The number of piperazine rings is 1. The molecule has 0 saturated carbocycles. The minimum Gasteiger partial charge on any atom is -0.495 e. The number of methoxy groups -OCH3 is 1. The van der Waals surface area contributed by atoms with Crippen molar-refractivity contribution in [1.82, 2.24) is 9.80 Å². The first-order chi connectivity index (χ1) is 15.3. The van der Waals surface area contributed by atoms with Gasteiger partial charge in [-0.05, 0) is 55.3 Å². The van der Waals surface area contributed by atoms with Gasteiger partial charge in [0.2, 0.25) is 0 Å². The molecular weight excluding hydrogens is 426 g/mol. The first-order valence-electron chi connectivity index (χ1n) is 10.9. The van der Waals surface area contributed by atoms with Crippen molar-refractivity contribution in [2.24, 2.45) is 0 Å². The summed E-state index contributed by atoms with van der Waals surface area (Å²) in [6, 6.07) is 10.9. The second kappa shape index (κ2) is 8.96. The molecule has 0 aromatic heterocycles. The van der Waals surface area contributed by atoms with E-state index in [2.05, 4.69) is 16.7 Å². The van der Waals surface area contributed by atoms with Gasteiger partial charge in [-0.25, -0.2) is 4.90 Å². The number of nitrogens with zero attached hydrogens (tertiary/aromatic N) is 3. The van der Waals surface area contributed by atoms with Crippen LogP contribution in [0.25, 0.3) is 5.57 Å². The monoisotopic (exact) mass is 453 g/mol. The van der Waals surface area contributed by atoms with Crippen LogP contribution in [0.4, 0.5) is 5.69 Å². The number of likely N-dealkylation sites (N-methyl/N-ethyl adjacent to an activating group) is 1. The van der Waals surface area contributed by atoms with Crippen LogP contribution < -0.4 is 9.64 Å². The van der Waals surface area contributed by atoms with Crippen molar-refractivity contribution in [3.8, 4) is 5.75 Å². The Morgan fingerprint density at radius 2 is 1.66 bits per heavy atom. The molecule has 2 amide bonds. The van der Waals surface area contributed by atoms with Gasteiger partial charge in [-0.2, -0.15) is 0 Å². The zero-order valence-electron chi connectivity index (χ0n) is 18.9. The van der Waals surface area contributed by atoms with Crippen molar-refractivity contribution in [3.05, 3.63) is 63.8 Å². The molecule has 6 nitrogen and oxygen atoms in total. The van der Waals surface area contributed by atoms with Crippen LogP contribution in [-0.4, -0.2) is 61.4 Å². The number of hydrogen-bond acceptors (Lipinski definition) is 5. The summed E-state index contributed by atoms with van der Waals surface area (Å²) < 4.78 is 5.22. The number of rotatable bonds is 5. The number of hydrogen-bond donors (Lipinski definition) is 0. The number of halogens is 1. The molecule has 1 saturated heterocycles. The van der Waals surface area contributed by atoms with E-state index in [-0.39, 0.29) is 11.8 Å². The normalized spacial score (nSPS) is 17.5. The molecule has 1 fully saturated rings. The van der Waals surface area contributed by atoms with E-state index in [1.54, 1.807) is 18.2 Å². The molecule has 2 aliphatic heterocycles. The van der Waals surface area contributed by atoms with E-state index in [4.69, 9.17) is 16.3 Å². The van der Waals surface area contributed by atoms with Crippen molar-refractivity contribution in [2.45, 2.75) is 20.8 Å². The summed E-state index contributed by atoms with van der Waals surface area (Å²) in [4.78, 5) is 33.0. The zero-order chi connectivity index (χ0) is 23.0. The van der Waals surface area contributed by atoms with Gasteiger partial charge in [-0.15, -0.1) is 0 Å². The van der Waals surface area contributed by atoms with Crippen molar-refractivity contribution in [2.75, 3.05) is 44.7 Å². The number of aryl methyl sites for hydroxylation is 2. The molecule has 2 aromatic rings. The number of imide groups is 1. The minimum atomic E-state index is -0.326. The van der Waals surface area contributed by atoms with E-state index >= 15 is 0 Å². The highest BCUT2D eigenvalue weighted by atomic mass is 35.5. The lowest BCUT2D eigenvalue weighted by Gasteiger charge is -2.36. The van der Waals surface area contributed by atoms with Gasteiger partial charge >= 0.3 is 0 Å². The van der Waals surface area contributed by atoms with E-state index in [9.17, 15) is 9.59 Å². The number of carbonyl (C=O) groups excluding carboxylic acids is 2. The van der Waals surface area contributed by atoms with Crippen molar-refractivity contribution in [1.29, 1.82) is 0 Å². The Morgan fingerprint density at radius 1 is 0.938 bits per heavy atom. The highest BCUT2D eigenvalue weighted by molar-refractivity contribution is 6.45. The van der Waals surface area contributed by atoms with Crippen LogP contribution in [0.3, 0.4) is 0 Å². The fourth-order valence-corrected chi connectivity index (χ4v) is 4.54. The Morgan fingerprint density at radius 3 is 2.25 bits per heavy atom. The first kappa shape index (κ1) is 22.4. The Bertz CT molecular complexity index is 1100. The second-order valence-corrected chi connectivity index (χ2v) is 8.62. The topological polar surface area (TPSA) is 53.1 Å². The number of carbonyl (C=O) groups is 2. The Kier molecular flexibility index (Phi) is 6.26. The lowest BCUT2D eigenvalue weighted by Crippen LogP contribution is -2.47. The van der Waals surface area contributed by atoms with Gasteiger partial charge in [0.05, 0.1) is 23.4 Å². The summed E-state index contributed by atoms with van der Waals surface area (Å²) in [5.74, 6) is -0.144. The number of anilines is 1. The molecule has 32 heavy (non-hydrogen) atoms. The molecular formula is C25H28ClN3O3. The molecule has 168 valence electrons. The summed E-state index contributed by atoms with van der Waals surface area (Å²) in [7, 11) is 1.53. The highest BCUT2D eigenvalue weighted by Gasteiger charge is 2.43. The van der Waals surface area contributed by atoms with Crippen LogP contribution in [0.15, 0.2) is 42.1 Å². The molecule has 2 aliphatic rings. The predicted octanol–water partition coefficient (Wildman–Crippen LogP) is 3.89. The first-order valence-corrected chi connectivity index (χ1v) is 11.2. The van der Waals surface area contributed by atoms with Crippen LogP contribution in [0.1, 0.15) is 23.6 Å². The summed E-state index contributed by atoms with van der Waals surface area (Å²) in [5.41, 5.74) is 4.35. The maximum atomic E-state index is 13.7. The fraction of sp³-hybridized carbons (Fsp3) is 0.360. The molecule has 4 rings (SSSR count). The van der Waals surface area contributed by atoms with Gasteiger partial charge in [0.25, 0.3) is 11.8 Å². The molecule has 0 spiro atoms. The van der Waals surface area contributed by atoms with E-state index in [1.165, 1.54) is 12.0 Å². The van der Waals surface area contributed by atoms with Crippen LogP contribution >= 0.6 is 11.6 Å². The summed E-state index contributed by atoms with van der Waals surface area (Å²) in [5, 5.41) is 0.350. The van der Waals surface area contributed by atoms with Crippen LogP contribution in [0.2, 0.25) is 5.02 Å². The molecule has 0 radical (unpaired) electrons. The standard InChI is InChI=1S/C25H28ClN3O3/c1-5-27-10-12-28(13-11-27)23-22(18-7-6-16(2)17(3)14-18)24(30)29(25(23)31)19-8-9-21(32-4)20(26)15-19/h6-9,14-15H,5,10-13H2,1-4H3. The third-order valence-electron chi connectivity index (χ3n) is 6.38. The molecule has 0 N–H and O–H groups in total. The Labute approximate surface area is 194 Å². The lowest BCUT2D eigenvalue weighted by molar-refractivity contribution is -0.120. The van der Waals surface area contributed by atoms with Crippen LogP contribution in [0.5, 0.6) is 5.75 Å². The van der Waals surface area contributed by atoms with Gasteiger partial charge in [0, 0.05) is 26.2 Å².